The summed E-state index contributed by atoms with van der Waals surface area (Å²) in [5.74, 6) is 4.00. The van der Waals surface area contributed by atoms with Gasteiger partial charge in [-0.2, -0.15) is 0 Å². The average molecular weight is 248 g/mol. The Labute approximate surface area is 109 Å². The number of amides is 1. The lowest BCUT2D eigenvalue weighted by Gasteiger charge is -2.63. The summed E-state index contributed by atoms with van der Waals surface area (Å²) in [6.45, 7) is 4.56. The van der Waals surface area contributed by atoms with Crippen molar-refractivity contribution >= 4 is 5.91 Å². The van der Waals surface area contributed by atoms with Gasteiger partial charge in [0.1, 0.15) is 0 Å². The number of carbonyl (C=O) groups excluding carboxylic acids is 1. The van der Waals surface area contributed by atoms with Gasteiger partial charge in [-0.3, -0.25) is 4.79 Å². The van der Waals surface area contributed by atoms with E-state index >= 15 is 0 Å². The first-order valence-electron chi connectivity index (χ1n) is 7.74. The maximum Gasteiger partial charge on any atom is 0.236 e. The number of carbonyl (C=O) groups is 1. The summed E-state index contributed by atoms with van der Waals surface area (Å²) in [4.78, 5) is 14.0. The number of nitrogens with one attached hydrogen (secondary N) is 1. The minimum Gasteiger partial charge on any atom is -0.340 e. The van der Waals surface area contributed by atoms with E-state index < -0.39 is 0 Å². The summed E-state index contributed by atoms with van der Waals surface area (Å²) in [6.07, 6.45) is 7.19. The minimum absolute atomic E-state index is 0.289. The fourth-order valence-corrected chi connectivity index (χ4v) is 5.67. The molecule has 0 radical (unpaired) electrons. The third-order valence-corrected chi connectivity index (χ3v) is 6.35. The van der Waals surface area contributed by atoms with E-state index in [2.05, 4.69) is 17.1 Å². The number of hydrogen-bond donors (Lipinski definition) is 1. The standard InChI is InChI=1S/C15H24N2O/c1-2-17-9-15(16-8-14(17)18)12-4-10-3-11(6-12)7-13(15)5-10/h10-13,16H,2-9H2,1H3. The second-order valence-electron chi connectivity index (χ2n) is 7.11. The van der Waals surface area contributed by atoms with Crippen molar-refractivity contribution in [3.63, 3.8) is 0 Å². The SMILES string of the molecule is CCN1CC2(NCC1=O)C1CC3CC(C1)CC2C3. The van der Waals surface area contributed by atoms with E-state index in [0.717, 1.165) is 36.8 Å². The molecule has 5 fully saturated rings. The predicted molar refractivity (Wildman–Crippen MR) is 70.0 cm³/mol. The van der Waals surface area contributed by atoms with E-state index in [-0.39, 0.29) is 5.54 Å². The van der Waals surface area contributed by atoms with Gasteiger partial charge < -0.3 is 10.2 Å². The van der Waals surface area contributed by atoms with Crippen molar-refractivity contribution in [3.05, 3.63) is 0 Å². The predicted octanol–water partition coefficient (Wildman–Crippen LogP) is 1.63. The van der Waals surface area contributed by atoms with Gasteiger partial charge in [0.15, 0.2) is 0 Å². The summed E-state index contributed by atoms with van der Waals surface area (Å²) in [5.41, 5.74) is 0.289. The van der Waals surface area contributed by atoms with Crippen LogP contribution in [-0.4, -0.2) is 36.0 Å². The number of nitrogens with zero attached hydrogens (tertiary/aromatic N) is 1. The first-order chi connectivity index (χ1) is 8.71. The Bertz CT molecular complexity index is 351. The van der Waals surface area contributed by atoms with Crippen molar-refractivity contribution in [2.75, 3.05) is 19.6 Å². The molecule has 4 aliphatic carbocycles. The molecule has 1 saturated heterocycles. The van der Waals surface area contributed by atoms with Crippen LogP contribution in [0.1, 0.15) is 39.0 Å². The van der Waals surface area contributed by atoms with E-state index in [4.69, 9.17) is 0 Å². The van der Waals surface area contributed by atoms with Crippen molar-refractivity contribution < 1.29 is 4.79 Å². The zero-order chi connectivity index (χ0) is 12.3. The van der Waals surface area contributed by atoms with Crippen LogP contribution >= 0.6 is 0 Å². The normalized spacial score (nSPS) is 50.3. The molecule has 0 aromatic carbocycles. The maximum atomic E-state index is 11.9. The molecule has 3 heteroatoms. The van der Waals surface area contributed by atoms with Crippen LogP contribution < -0.4 is 5.32 Å². The third kappa shape index (κ3) is 1.37. The van der Waals surface area contributed by atoms with Crippen LogP contribution in [0.15, 0.2) is 0 Å². The Hall–Kier alpha value is -0.570. The Morgan fingerprint density at radius 1 is 1.17 bits per heavy atom. The Morgan fingerprint density at radius 2 is 1.78 bits per heavy atom. The van der Waals surface area contributed by atoms with Gasteiger partial charge in [-0.05, 0) is 62.7 Å². The Morgan fingerprint density at radius 3 is 2.33 bits per heavy atom. The molecule has 0 aromatic rings. The van der Waals surface area contributed by atoms with E-state index in [1.54, 1.807) is 0 Å². The largest absolute Gasteiger partial charge is 0.340 e. The zero-order valence-corrected chi connectivity index (χ0v) is 11.3. The first-order valence-corrected chi connectivity index (χ1v) is 7.74. The van der Waals surface area contributed by atoms with Crippen molar-refractivity contribution in [2.24, 2.45) is 23.7 Å². The number of likely N-dealkylation sites (N-methyl/N-ethyl adjacent to an activating group) is 1. The highest BCUT2D eigenvalue weighted by Gasteiger charge is 2.58. The first kappa shape index (κ1) is 11.3. The van der Waals surface area contributed by atoms with Gasteiger partial charge in [0, 0.05) is 18.6 Å². The molecule has 1 spiro atoms. The Kier molecular flexibility index (Phi) is 2.33. The quantitative estimate of drug-likeness (QED) is 0.765. The molecule has 5 aliphatic rings. The molecule has 0 unspecified atom stereocenters. The second kappa shape index (κ2) is 3.72. The van der Waals surface area contributed by atoms with Crippen molar-refractivity contribution in [1.29, 1.82) is 0 Å². The summed E-state index contributed by atoms with van der Waals surface area (Å²) < 4.78 is 0. The molecule has 100 valence electrons. The molecule has 3 nitrogen and oxygen atoms in total. The van der Waals surface area contributed by atoms with Gasteiger partial charge >= 0.3 is 0 Å². The van der Waals surface area contributed by atoms with Gasteiger partial charge in [0.2, 0.25) is 5.91 Å². The Balaban J connectivity index is 1.65. The van der Waals surface area contributed by atoms with E-state index in [9.17, 15) is 4.79 Å². The fourth-order valence-electron chi connectivity index (χ4n) is 5.67. The molecular formula is C15H24N2O. The monoisotopic (exact) mass is 248 g/mol. The molecule has 0 aromatic heterocycles. The fraction of sp³-hybridized carbons (Fsp3) is 0.933. The second-order valence-corrected chi connectivity index (χ2v) is 7.11. The lowest BCUT2D eigenvalue weighted by atomic mass is 9.48. The van der Waals surface area contributed by atoms with Gasteiger partial charge in [-0.25, -0.2) is 0 Å². The van der Waals surface area contributed by atoms with Crippen LogP contribution in [0.3, 0.4) is 0 Å². The van der Waals surface area contributed by atoms with E-state index in [1.807, 2.05) is 0 Å². The number of hydrogen-bond acceptors (Lipinski definition) is 2. The van der Waals surface area contributed by atoms with Crippen molar-refractivity contribution in [2.45, 2.75) is 44.6 Å². The van der Waals surface area contributed by atoms with Crippen LogP contribution in [0.5, 0.6) is 0 Å². The van der Waals surface area contributed by atoms with E-state index in [0.29, 0.717) is 12.5 Å². The highest BCUT2D eigenvalue weighted by Crippen LogP contribution is 2.58. The lowest BCUT2D eigenvalue weighted by molar-refractivity contribution is -0.146. The summed E-state index contributed by atoms with van der Waals surface area (Å²) >= 11 is 0. The molecule has 5 rings (SSSR count). The van der Waals surface area contributed by atoms with Crippen LogP contribution in [0.2, 0.25) is 0 Å². The van der Waals surface area contributed by atoms with Gasteiger partial charge in [0.25, 0.3) is 0 Å². The molecule has 1 amide bonds. The molecule has 1 heterocycles. The van der Waals surface area contributed by atoms with Crippen molar-refractivity contribution in [1.82, 2.24) is 10.2 Å². The van der Waals surface area contributed by atoms with Gasteiger partial charge in [-0.15, -0.1) is 0 Å². The summed E-state index contributed by atoms with van der Waals surface area (Å²) in [7, 11) is 0. The smallest absolute Gasteiger partial charge is 0.236 e. The lowest BCUT2D eigenvalue weighted by Crippen LogP contribution is -2.73. The molecule has 4 bridgehead atoms. The molecule has 18 heavy (non-hydrogen) atoms. The summed E-state index contributed by atoms with van der Waals surface area (Å²) in [6, 6.07) is 0. The van der Waals surface area contributed by atoms with Crippen molar-refractivity contribution in [3.8, 4) is 0 Å². The molecule has 1 aliphatic heterocycles. The van der Waals surface area contributed by atoms with Crippen LogP contribution in [0, 0.1) is 23.7 Å². The number of rotatable bonds is 1. The van der Waals surface area contributed by atoms with Gasteiger partial charge in [-0.1, -0.05) is 0 Å². The highest BCUT2D eigenvalue weighted by molar-refractivity contribution is 5.79. The van der Waals surface area contributed by atoms with Gasteiger partial charge in [0.05, 0.1) is 6.54 Å². The molecule has 0 atom stereocenters. The van der Waals surface area contributed by atoms with E-state index in [1.165, 1.54) is 32.1 Å². The third-order valence-electron chi connectivity index (χ3n) is 6.35. The van der Waals surface area contributed by atoms with Crippen LogP contribution in [0.25, 0.3) is 0 Å². The van der Waals surface area contributed by atoms with Crippen LogP contribution in [-0.2, 0) is 4.79 Å². The summed E-state index contributed by atoms with van der Waals surface area (Å²) in [5, 5.41) is 3.70. The topological polar surface area (TPSA) is 32.3 Å². The highest BCUT2D eigenvalue weighted by atomic mass is 16.2. The molecule has 4 saturated carbocycles. The maximum absolute atomic E-state index is 11.9. The molecular weight excluding hydrogens is 224 g/mol. The number of piperazine rings is 1. The minimum atomic E-state index is 0.289. The molecule has 1 N–H and O–H groups in total. The average Bonchev–Trinajstić information content (AvgIpc) is 2.37. The zero-order valence-electron chi connectivity index (χ0n) is 11.3. The van der Waals surface area contributed by atoms with Crippen LogP contribution in [0.4, 0.5) is 0 Å².